The molecule has 0 fully saturated rings. The van der Waals surface area contributed by atoms with Crippen molar-refractivity contribution in [2.24, 2.45) is 0 Å². The first kappa shape index (κ1) is 17.5. The quantitative estimate of drug-likeness (QED) is 0.476. The van der Waals surface area contributed by atoms with E-state index in [9.17, 15) is 0 Å². The molecule has 0 aliphatic heterocycles. The summed E-state index contributed by atoms with van der Waals surface area (Å²) in [4.78, 5) is 3.63. The molecular weight excluding hydrogens is 282 g/mol. The maximum atomic E-state index is 2.23. The zero-order valence-electron chi connectivity index (χ0n) is 11.4. The summed E-state index contributed by atoms with van der Waals surface area (Å²) in [6.07, 6.45) is 2.13. The van der Waals surface area contributed by atoms with Gasteiger partial charge in [-0.05, 0) is 27.3 Å². The van der Waals surface area contributed by atoms with Crippen molar-refractivity contribution in [3.8, 4) is 0 Å². The first-order valence-corrected chi connectivity index (χ1v) is 7.02. The van der Waals surface area contributed by atoms with E-state index in [2.05, 4.69) is 50.4 Å². The normalized spacial score (nSPS) is 11.4. The van der Waals surface area contributed by atoms with Crippen LogP contribution in [0.2, 0.25) is 0 Å². The van der Waals surface area contributed by atoms with Crippen molar-refractivity contribution in [1.29, 1.82) is 0 Å². The molecule has 0 aromatic heterocycles. The van der Waals surface area contributed by atoms with Gasteiger partial charge >= 0.3 is 17.1 Å². The summed E-state index contributed by atoms with van der Waals surface area (Å²) in [7, 11) is 4.23. The maximum Gasteiger partial charge on any atom is 2.00 e. The van der Waals surface area contributed by atoms with Gasteiger partial charge in [0, 0.05) is 6.04 Å². The minimum absolute atomic E-state index is 0. The molecule has 1 unspecified atom stereocenters. The van der Waals surface area contributed by atoms with Gasteiger partial charge in [-0.3, -0.25) is 0 Å². The number of rotatable bonds is 3. The van der Waals surface area contributed by atoms with Crippen LogP contribution in [0.4, 0.5) is 0 Å². The van der Waals surface area contributed by atoms with Gasteiger partial charge in [-0.15, -0.1) is 10.5 Å². The van der Waals surface area contributed by atoms with Crippen molar-refractivity contribution < 1.29 is 17.1 Å². The Kier molecular flexibility index (Phi) is 9.21. The van der Waals surface area contributed by atoms with Crippen molar-refractivity contribution in [3.63, 3.8) is 0 Å². The zero-order chi connectivity index (χ0) is 12.7. The van der Waals surface area contributed by atoms with Gasteiger partial charge in [-0.1, -0.05) is 0 Å². The molecule has 0 aliphatic rings. The molecule has 1 atom stereocenters. The van der Waals surface area contributed by atoms with Crippen LogP contribution in [0, 0.1) is 0 Å². The molecule has 3 heteroatoms. The van der Waals surface area contributed by atoms with Crippen LogP contribution in [-0.4, -0.2) is 25.3 Å². The molecule has 0 saturated heterocycles. The molecule has 0 aliphatic carbocycles. The van der Waals surface area contributed by atoms with E-state index < -0.39 is 0 Å². The monoisotopic (exact) mass is 303 g/mol. The van der Waals surface area contributed by atoms with Gasteiger partial charge in [-0.25, -0.2) is 30.0 Å². The van der Waals surface area contributed by atoms with Crippen LogP contribution in [0.5, 0.6) is 0 Å². The minimum Gasteiger partial charge on any atom is -0.305 e. The fraction of sp³-hybridized carbons (Fsp3) is 0.333. The van der Waals surface area contributed by atoms with E-state index in [1.54, 1.807) is 0 Å². The Balaban J connectivity index is 0.000000405. The van der Waals surface area contributed by atoms with E-state index in [4.69, 9.17) is 0 Å². The van der Waals surface area contributed by atoms with E-state index in [1.807, 2.05) is 42.1 Å². The zero-order valence-corrected chi connectivity index (χ0v) is 13.3. The van der Waals surface area contributed by atoms with E-state index in [0.29, 0.717) is 6.04 Å². The molecule has 2 aromatic rings. The molecule has 18 heavy (non-hydrogen) atoms. The molecule has 0 N–H and O–H groups in total. The van der Waals surface area contributed by atoms with Gasteiger partial charge in [0.05, 0.1) is 0 Å². The minimum atomic E-state index is 0. The second-order valence-electron chi connectivity index (χ2n) is 4.15. The van der Waals surface area contributed by atoms with Crippen molar-refractivity contribution in [1.82, 2.24) is 4.90 Å². The van der Waals surface area contributed by atoms with E-state index >= 15 is 0 Å². The largest absolute Gasteiger partial charge is 2.00 e. The molecule has 100 valence electrons. The number of nitrogens with zero attached hydrogens (tertiary/aromatic N) is 1. The van der Waals surface area contributed by atoms with Gasteiger partial charge in [0.25, 0.3) is 0 Å². The summed E-state index contributed by atoms with van der Waals surface area (Å²) >= 11 is 1.82. The SMILES string of the molecule is CSc1cc[cH-]c1C(C)N(C)C.[Fe+2].c1cc[cH-]c1. The Bertz CT molecular complexity index is 375. The molecule has 0 amide bonds. The van der Waals surface area contributed by atoms with Crippen LogP contribution in [0.25, 0.3) is 0 Å². The second kappa shape index (κ2) is 9.46. The van der Waals surface area contributed by atoms with Crippen molar-refractivity contribution in [3.05, 3.63) is 54.1 Å². The van der Waals surface area contributed by atoms with E-state index in [0.717, 1.165) is 0 Å². The second-order valence-corrected chi connectivity index (χ2v) is 5.00. The third kappa shape index (κ3) is 5.45. The predicted molar refractivity (Wildman–Crippen MR) is 78.0 cm³/mol. The fourth-order valence-electron chi connectivity index (χ4n) is 1.55. The molecular formula is C15H21FeNS. The Labute approximate surface area is 126 Å². The third-order valence-corrected chi connectivity index (χ3v) is 3.62. The molecule has 0 bridgehead atoms. The average Bonchev–Trinajstić information content (AvgIpc) is 3.01. The molecule has 0 saturated carbocycles. The van der Waals surface area contributed by atoms with Crippen LogP contribution in [0.1, 0.15) is 18.5 Å². The molecule has 0 heterocycles. The summed E-state index contributed by atoms with van der Waals surface area (Å²) in [5, 5.41) is 0. The van der Waals surface area contributed by atoms with Crippen molar-refractivity contribution >= 4 is 11.8 Å². The molecule has 1 nitrogen and oxygen atoms in total. The fourth-order valence-corrected chi connectivity index (χ4v) is 2.24. The molecule has 0 spiro atoms. The molecule has 0 radical (unpaired) electrons. The molecule has 2 rings (SSSR count). The van der Waals surface area contributed by atoms with E-state index in [1.165, 1.54) is 10.5 Å². The Morgan fingerprint density at radius 3 is 2.17 bits per heavy atom. The topological polar surface area (TPSA) is 3.24 Å². The van der Waals surface area contributed by atoms with E-state index in [-0.39, 0.29) is 17.1 Å². The van der Waals surface area contributed by atoms with Gasteiger partial charge in [0.1, 0.15) is 0 Å². The summed E-state index contributed by atoms with van der Waals surface area (Å²) < 4.78 is 0. The third-order valence-electron chi connectivity index (χ3n) is 2.81. The number of thioether (sulfide) groups is 1. The van der Waals surface area contributed by atoms with Gasteiger partial charge in [-0.2, -0.15) is 30.3 Å². The predicted octanol–water partition coefficient (Wildman–Crippen LogP) is 4.15. The van der Waals surface area contributed by atoms with Crippen LogP contribution in [0.15, 0.2) is 53.4 Å². The van der Waals surface area contributed by atoms with Gasteiger partial charge < -0.3 is 4.90 Å². The van der Waals surface area contributed by atoms with Crippen LogP contribution in [0.3, 0.4) is 0 Å². The summed E-state index contributed by atoms with van der Waals surface area (Å²) in [5.74, 6) is 0. The van der Waals surface area contributed by atoms with Gasteiger partial charge in [0.15, 0.2) is 0 Å². The standard InChI is InChI=1S/C10H16NS.C5H5.Fe/c1-8(11(2)3)9-6-5-7-10(9)12-4;1-2-4-5-3-1;/h5-8H,1-4H3;1-5H;/q2*-1;+2. The maximum absolute atomic E-state index is 2.23. The van der Waals surface area contributed by atoms with Crippen LogP contribution >= 0.6 is 11.8 Å². The Morgan fingerprint density at radius 2 is 1.78 bits per heavy atom. The number of hydrogen-bond acceptors (Lipinski definition) is 2. The summed E-state index contributed by atoms with van der Waals surface area (Å²) in [6, 6.07) is 17.0. The first-order chi connectivity index (χ1) is 8.16. The summed E-state index contributed by atoms with van der Waals surface area (Å²) in [6.45, 7) is 2.23. The Morgan fingerprint density at radius 1 is 1.17 bits per heavy atom. The van der Waals surface area contributed by atoms with Crippen molar-refractivity contribution in [2.45, 2.75) is 17.9 Å². The number of hydrogen-bond donors (Lipinski definition) is 0. The average molecular weight is 303 g/mol. The molecule has 2 aromatic carbocycles. The first-order valence-electron chi connectivity index (χ1n) is 5.79. The summed E-state index contributed by atoms with van der Waals surface area (Å²) in [5.41, 5.74) is 1.44. The van der Waals surface area contributed by atoms with Gasteiger partial charge in [0.2, 0.25) is 0 Å². The van der Waals surface area contributed by atoms with Crippen LogP contribution in [-0.2, 0) is 17.1 Å². The van der Waals surface area contributed by atoms with Crippen LogP contribution < -0.4 is 0 Å². The smallest absolute Gasteiger partial charge is 0.305 e. The van der Waals surface area contributed by atoms with Crippen molar-refractivity contribution in [2.75, 3.05) is 20.4 Å². The Hall–Kier alpha value is -0.471.